The lowest BCUT2D eigenvalue weighted by atomic mass is 10.1. The first-order valence-corrected chi connectivity index (χ1v) is 8.88. The maximum atomic E-state index is 13.1. The van der Waals surface area contributed by atoms with Gasteiger partial charge in [0.1, 0.15) is 5.82 Å². The van der Waals surface area contributed by atoms with Gasteiger partial charge in [-0.25, -0.2) is 9.37 Å². The van der Waals surface area contributed by atoms with E-state index in [9.17, 15) is 19.3 Å². The fraction of sp³-hybridized carbons (Fsp3) is 0. The van der Waals surface area contributed by atoms with Crippen molar-refractivity contribution in [2.45, 2.75) is 0 Å². The minimum Gasteiger partial charge on any atom is -0.436 e. The Balaban J connectivity index is 1.63. The van der Waals surface area contributed by atoms with E-state index >= 15 is 0 Å². The van der Waals surface area contributed by atoms with Gasteiger partial charge in [0.25, 0.3) is 11.6 Å². The predicted molar refractivity (Wildman–Crippen MR) is 108 cm³/mol. The van der Waals surface area contributed by atoms with Crippen LogP contribution in [0.4, 0.5) is 15.8 Å². The van der Waals surface area contributed by atoms with E-state index in [2.05, 4.69) is 10.3 Å². The Morgan fingerprint density at radius 1 is 1.03 bits per heavy atom. The van der Waals surface area contributed by atoms with Gasteiger partial charge < -0.3 is 9.73 Å². The zero-order valence-corrected chi connectivity index (χ0v) is 15.4. The van der Waals surface area contributed by atoms with Crippen LogP contribution in [0.1, 0.15) is 10.4 Å². The normalized spacial score (nSPS) is 10.6. The SMILES string of the molecule is O=C(Nc1cccc([N+](=O)[O-])c1)c1ccccc1-c1ncc(-c2ccc(F)cc2)o1. The number of carbonyl (C=O) groups excluding carboxylic acids is 1. The number of aromatic nitrogens is 1. The van der Waals surface area contributed by atoms with Crippen molar-refractivity contribution < 1.29 is 18.5 Å². The van der Waals surface area contributed by atoms with E-state index in [-0.39, 0.29) is 23.0 Å². The fourth-order valence-electron chi connectivity index (χ4n) is 2.91. The number of halogens is 1. The number of non-ortho nitro benzene ring substituents is 1. The second-order valence-electron chi connectivity index (χ2n) is 6.34. The Kier molecular flexibility index (Phi) is 5.04. The van der Waals surface area contributed by atoms with Crippen LogP contribution in [0.3, 0.4) is 0 Å². The van der Waals surface area contributed by atoms with Gasteiger partial charge in [0.05, 0.1) is 16.7 Å². The van der Waals surface area contributed by atoms with Gasteiger partial charge in [-0.05, 0) is 42.5 Å². The molecule has 0 spiro atoms. The number of nitro groups is 1. The van der Waals surface area contributed by atoms with E-state index in [4.69, 9.17) is 4.42 Å². The number of carbonyl (C=O) groups is 1. The maximum Gasteiger partial charge on any atom is 0.271 e. The molecule has 0 aliphatic rings. The summed E-state index contributed by atoms with van der Waals surface area (Å²) in [7, 11) is 0. The summed E-state index contributed by atoms with van der Waals surface area (Å²) >= 11 is 0. The van der Waals surface area contributed by atoms with E-state index in [1.165, 1.54) is 36.5 Å². The molecule has 0 fully saturated rings. The van der Waals surface area contributed by atoms with E-state index in [0.29, 0.717) is 22.6 Å². The zero-order valence-electron chi connectivity index (χ0n) is 15.4. The van der Waals surface area contributed by atoms with Gasteiger partial charge >= 0.3 is 0 Å². The third kappa shape index (κ3) is 3.93. The number of anilines is 1. The van der Waals surface area contributed by atoms with Gasteiger partial charge in [-0.15, -0.1) is 0 Å². The van der Waals surface area contributed by atoms with Crippen LogP contribution in [0.25, 0.3) is 22.8 Å². The number of hydrogen-bond acceptors (Lipinski definition) is 5. The molecule has 0 aliphatic heterocycles. The number of benzene rings is 3. The standard InChI is InChI=1S/C22H14FN3O4/c23-15-10-8-14(9-11-15)20-13-24-22(30-20)19-7-2-1-6-18(19)21(27)25-16-4-3-5-17(12-16)26(28)29/h1-13H,(H,25,27). The van der Waals surface area contributed by atoms with E-state index in [1.54, 1.807) is 42.5 Å². The van der Waals surface area contributed by atoms with Crippen LogP contribution >= 0.6 is 0 Å². The zero-order chi connectivity index (χ0) is 21.1. The molecule has 1 heterocycles. The first kappa shape index (κ1) is 19.0. The number of nitrogens with zero attached hydrogens (tertiary/aromatic N) is 2. The molecule has 3 aromatic carbocycles. The molecule has 8 heteroatoms. The molecule has 148 valence electrons. The van der Waals surface area contributed by atoms with Crippen molar-refractivity contribution in [1.82, 2.24) is 4.98 Å². The van der Waals surface area contributed by atoms with E-state index < -0.39 is 10.8 Å². The van der Waals surface area contributed by atoms with Crippen LogP contribution < -0.4 is 5.32 Å². The lowest BCUT2D eigenvalue weighted by Gasteiger charge is -2.08. The third-order valence-corrected chi connectivity index (χ3v) is 4.35. The summed E-state index contributed by atoms with van der Waals surface area (Å²) in [6.07, 6.45) is 1.50. The topological polar surface area (TPSA) is 98.3 Å². The largest absolute Gasteiger partial charge is 0.436 e. The molecule has 0 radical (unpaired) electrons. The molecule has 0 unspecified atom stereocenters. The van der Waals surface area contributed by atoms with Crippen LogP contribution in [0.15, 0.2) is 83.4 Å². The average molecular weight is 403 g/mol. The minimum atomic E-state index is -0.534. The van der Waals surface area contributed by atoms with Crippen LogP contribution in [-0.2, 0) is 0 Å². The van der Waals surface area contributed by atoms with Gasteiger partial charge in [0, 0.05) is 28.9 Å². The molecule has 0 saturated heterocycles. The Bertz CT molecular complexity index is 1240. The van der Waals surface area contributed by atoms with Gasteiger partial charge in [-0.2, -0.15) is 0 Å². The summed E-state index contributed by atoms with van der Waals surface area (Å²) in [6.45, 7) is 0. The highest BCUT2D eigenvalue weighted by molar-refractivity contribution is 6.08. The number of nitro benzene ring substituents is 1. The number of nitrogens with one attached hydrogen (secondary N) is 1. The molecule has 1 aromatic heterocycles. The first-order valence-electron chi connectivity index (χ1n) is 8.88. The van der Waals surface area contributed by atoms with Crippen molar-refractivity contribution in [2.75, 3.05) is 5.32 Å². The summed E-state index contributed by atoms with van der Waals surface area (Å²) in [4.78, 5) is 27.5. The molecule has 0 bridgehead atoms. The summed E-state index contributed by atoms with van der Waals surface area (Å²) in [5.74, 6) is -0.174. The fourth-order valence-corrected chi connectivity index (χ4v) is 2.91. The van der Waals surface area contributed by atoms with Gasteiger partial charge in [0.15, 0.2) is 5.76 Å². The smallest absolute Gasteiger partial charge is 0.271 e. The summed E-state index contributed by atoms with van der Waals surface area (Å²) in [5, 5.41) is 13.6. The highest BCUT2D eigenvalue weighted by atomic mass is 19.1. The second-order valence-corrected chi connectivity index (χ2v) is 6.34. The van der Waals surface area contributed by atoms with Gasteiger partial charge in [-0.1, -0.05) is 18.2 Å². The maximum absolute atomic E-state index is 13.1. The first-order chi connectivity index (χ1) is 14.5. The van der Waals surface area contributed by atoms with Crippen LogP contribution in [0.5, 0.6) is 0 Å². The van der Waals surface area contributed by atoms with Crippen molar-refractivity contribution >= 4 is 17.3 Å². The minimum absolute atomic E-state index is 0.127. The van der Waals surface area contributed by atoms with E-state index in [0.717, 1.165) is 0 Å². The van der Waals surface area contributed by atoms with Crippen molar-refractivity contribution in [3.8, 4) is 22.8 Å². The molecule has 1 amide bonds. The monoisotopic (exact) mass is 403 g/mol. The highest BCUT2D eigenvalue weighted by Gasteiger charge is 2.18. The summed E-state index contributed by atoms with van der Waals surface area (Å²) < 4.78 is 18.9. The molecule has 4 rings (SSSR count). The summed E-state index contributed by atoms with van der Waals surface area (Å²) in [5.41, 5.74) is 1.56. The van der Waals surface area contributed by atoms with Crippen LogP contribution in [-0.4, -0.2) is 15.8 Å². The Labute approximate surface area is 170 Å². The van der Waals surface area contributed by atoms with Crippen molar-refractivity contribution in [2.24, 2.45) is 0 Å². The lowest BCUT2D eigenvalue weighted by Crippen LogP contribution is -2.13. The van der Waals surface area contributed by atoms with Crippen LogP contribution in [0, 0.1) is 15.9 Å². The molecule has 0 aliphatic carbocycles. The molecular formula is C22H14FN3O4. The Hall–Kier alpha value is -4.33. The van der Waals surface area contributed by atoms with Gasteiger partial charge in [0.2, 0.25) is 5.89 Å². The number of oxazole rings is 1. The molecule has 7 nitrogen and oxygen atoms in total. The van der Waals surface area contributed by atoms with Crippen molar-refractivity contribution in [1.29, 1.82) is 0 Å². The van der Waals surface area contributed by atoms with Gasteiger partial charge in [-0.3, -0.25) is 14.9 Å². The number of rotatable bonds is 5. The summed E-state index contributed by atoms with van der Waals surface area (Å²) in [6, 6.07) is 18.2. The highest BCUT2D eigenvalue weighted by Crippen LogP contribution is 2.29. The molecule has 30 heavy (non-hydrogen) atoms. The molecule has 4 aromatic rings. The lowest BCUT2D eigenvalue weighted by molar-refractivity contribution is -0.384. The molecule has 0 saturated carbocycles. The molecular weight excluding hydrogens is 389 g/mol. The van der Waals surface area contributed by atoms with E-state index in [1.807, 2.05) is 0 Å². The predicted octanol–water partition coefficient (Wildman–Crippen LogP) is 5.31. The Morgan fingerprint density at radius 2 is 1.80 bits per heavy atom. The average Bonchev–Trinajstić information content (AvgIpc) is 3.24. The van der Waals surface area contributed by atoms with Crippen molar-refractivity contribution in [3.05, 3.63) is 100 Å². The third-order valence-electron chi connectivity index (χ3n) is 4.35. The molecule has 1 N–H and O–H groups in total. The number of amides is 1. The molecule has 0 atom stereocenters. The van der Waals surface area contributed by atoms with Crippen LogP contribution in [0.2, 0.25) is 0 Å². The number of hydrogen-bond donors (Lipinski definition) is 1. The Morgan fingerprint density at radius 3 is 2.57 bits per heavy atom. The van der Waals surface area contributed by atoms with Crippen molar-refractivity contribution in [3.63, 3.8) is 0 Å². The second kappa shape index (κ2) is 7.96. The quantitative estimate of drug-likeness (QED) is 0.360.